The first kappa shape index (κ1) is 21.6. The van der Waals surface area contributed by atoms with Crippen LogP contribution in [0.4, 0.5) is 0 Å². The van der Waals surface area contributed by atoms with Gasteiger partial charge < -0.3 is 5.32 Å². The largest absolute Gasteiger partial charge is 0.353 e. The van der Waals surface area contributed by atoms with Gasteiger partial charge in [0.05, 0.1) is 5.75 Å². The molecule has 1 aliphatic carbocycles. The predicted octanol–water partition coefficient (Wildman–Crippen LogP) is 2.50. The zero-order valence-electron chi connectivity index (χ0n) is 17.2. The molecule has 1 saturated carbocycles. The first-order valence-corrected chi connectivity index (χ1v) is 11.4. The van der Waals surface area contributed by atoms with Crippen molar-refractivity contribution in [2.75, 3.05) is 5.75 Å². The first-order valence-electron chi connectivity index (χ1n) is 10.0. The number of benzene rings is 1. The van der Waals surface area contributed by atoms with Gasteiger partial charge in [-0.1, -0.05) is 36.2 Å². The molecule has 0 spiro atoms. The summed E-state index contributed by atoms with van der Waals surface area (Å²) in [5.74, 6) is 0.374. The van der Waals surface area contributed by atoms with Crippen molar-refractivity contribution in [3.63, 3.8) is 0 Å². The normalized spacial score (nSPS) is 14.3. The average Bonchev–Trinajstić information content (AvgIpc) is 3.27. The van der Waals surface area contributed by atoms with Gasteiger partial charge in [0.15, 0.2) is 11.5 Å². The minimum Gasteiger partial charge on any atom is -0.353 e. The number of aryl methyl sites for hydroxylation is 1. The molecule has 1 aromatic carbocycles. The van der Waals surface area contributed by atoms with E-state index in [1.54, 1.807) is 31.3 Å². The standard InChI is InChI=1S/C21H22ClN5O3S/c1-26-18-16(20(29)27(2)21(26)30)19(31-11-15(28)23-14-5-3-4-6-14)25-17(24-18)12-7-9-13(22)10-8-12/h7-10,14H,3-6,11H2,1-2H3,(H,23,28). The highest BCUT2D eigenvalue weighted by Crippen LogP contribution is 2.27. The Bertz CT molecular complexity index is 1260. The molecule has 0 unspecified atom stereocenters. The third-order valence-corrected chi connectivity index (χ3v) is 6.66. The van der Waals surface area contributed by atoms with Crippen LogP contribution in [-0.2, 0) is 18.9 Å². The van der Waals surface area contributed by atoms with Crippen molar-refractivity contribution < 1.29 is 4.79 Å². The third-order valence-electron chi connectivity index (χ3n) is 5.43. The zero-order chi connectivity index (χ0) is 22.1. The van der Waals surface area contributed by atoms with Crippen LogP contribution >= 0.6 is 23.4 Å². The van der Waals surface area contributed by atoms with E-state index in [2.05, 4.69) is 15.3 Å². The molecule has 10 heteroatoms. The molecule has 31 heavy (non-hydrogen) atoms. The Labute approximate surface area is 187 Å². The summed E-state index contributed by atoms with van der Waals surface area (Å²) in [6.45, 7) is 0. The van der Waals surface area contributed by atoms with Crippen LogP contribution in [0.5, 0.6) is 0 Å². The Hall–Kier alpha value is -2.65. The molecule has 3 aromatic rings. The van der Waals surface area contributed by atoms with Gasteiger partial charge in [0, 0.05) is 30.7 Å². The summed E-state index contributed by atoms with van der Waals surface area (Å²) in [5, 5.41) is 4.20. The molecule has 2 aromatic heterocycles. The van der Waals surface area contributed by atoms with Crippen molar-refractivity contribution in [3.8, 4) is 11.4 Å². The van der Waals surface area contributed by atoms with Gasteiger partial charge in [0.1, 0.15) is 10.4 Å². The Kier molecular flexibility index (Phi) is 6.15. The summed E-state index contributed by atoms with van der Waals surface area (Å²) in [4.78, 5) is 46.8. The highest BCUT2D eigenvalue weighted by Gasteiger charge is 2.21. The molecule has 1 fully saturated rings. The molecular weight excluding hydrogens is 438 g/mol. The fourth-order valence-corrected chi connectivity index (χ4v) is 4.69. The molecule has 2 heterocycles. The van der Waals surface area contributed by atoms with Crippen molar-refractivity contribution in [2.24, 2.45) is 14.1 Å². The molecule has 0 bridgehead atoms. The highest BCUT2D eigenvalue weighted by atomic mass is 35.5. The summed E-state index contributed by atoms with van der Waals surface area (Å²) in [5.41, 5.74) is -0.0453. The summed E-state index contributed by atoms with van der Waals surface area (Å²) in [6, 6.07) is 7.19. The molecule has 0 saturated heterocycles. The monoisotopic (exact) mass is 459 g/mol. The minimum atomic E-state index is -0.487. The Morgan fingerprint density at radius 1 is 1.13 bits per heavy atom. The van der Waals surface area contributed by atoms with Crippen LogP contribution in [0.2, 0.25) is 5.02 Å². The van der Waals surface area contributed by atoms with Gasteiger partial charge >= 0.3 is 5.69 Å². The molecule has 162 valence electrons. The second kappa shape index (κ2) is 8.84. The number of carbonyl (C=O) groups excluding carboxylic acids is 1. The third kappa shape index (κ3) is 4.38. The number of hydrogen-bond acceptors (Lipinski definition) is 6. The van der Waals surface area contributed by atoms with Crippen LogP contribution in [-0.4, -0.2) is 36.8 Å². The summed E-state index contributed by atoms with van der Waals surface area (Å²) < 4.78 is 2.34. The van der Waals surface area contributed by atoms with Crippen molar-refractivity contribution in [1.29, 1.82) is 0 Å². The summed E-state index contributed by atoms with van der Waals surface area (Å²) >= 11 is 7.16. The molecule has 0 atom stereocenters. The number of thioether (sulfide) groups is 1. The highest BCUT2D eigenvalue weighted by molar-refractivity contribution is 8.00. The molecule has 8 nitrogen and oxygen atoms in total. The summed E-state index contributed by atoms with van der Waals surface area (Å²) in [7, 11) is 2.97. The SMILES string of the molecule is Cn1c(=O)c2c(SCC(=O)NC3CCCC3)nc(-c3ccc(Cl)cc3)nc2n(C)c1=O. The van der Waals surface area contributed by atoms with Gasteiger partial charge in [-0.3, -0.25) is 18.7 Å². The van der Waals surface area contributed by atoms with E-state index in [0.29, 0.717) is 21.4 Å². The second-order valence-corrected chi connectivity index (χ2v) is 9.00. The van der Waals surface area contributed by atoms with Gasteiger partial charge in [-0.15, -0.1) is 0 Å². The van der Waals surface area contributed by atoms with E-state index in [0.717, 1.165) is 30.3 Å². The second-order valence-electron chi connectivity index (χ2n) is 7.60. The molecule has 1 aliphatic rings. The van der Waals surface area contributed by atoms with Crippen LogP contribution < -0.4 is 16.6 Å². The number of hydrogen-bond donors (Lipinski definition) is 1. The lowest BCUT2D eigenvalue weighted by molar-refractivity contribution is -0.119. The predicted molar refractivity (Wildman–Crippen MR) is 122 cm³/mol. The first-order chi connectivity index (χ1) is 14.8. The zero-order valence-corrected chi connectivity index (χ0v) is 18.8. The van der Waals surface area contributed by atoms with Crippen LogP contribution in [0.3, 0.4) is 0 Å². The van der Waals surface area contributed by atoms with E-state index >= 15 is 0 Å². The van der Waals surface area contributed by atoms with E-state index < -0.39 is 11.2 Å². The molecule has 1 N–H and O–H groups in total. The Morgan fingerprint density at radius 3 is 2.48 bits per heavy atom. The van der Waals surface area contributed by atoms with Crippen molar-refractivity contribution in [2.45, 2.75) is 36.8 Å². The van der Waals surface area contributed by atoms with Gasteiger partial charge in [-0.2, -0.15) is 0 Å². The lowest BCUT2D eigenvalue weighted by Gasteiger charge is -2.13. The number of aromatic nitrogens is 4. The van der Waals surface area contributed by atoms with E-state index in [1.165, 1.54) is 23.4 Å². The molecule has 0 radical (unpaired) electrons. The van der Waals surface area contributed by atoms with E-state index in [4.69, 9.17) is 11.6 Å². The van der Waals surface area contributed by atoms with Crippen LogP contribution in [0.15, 0.2) is 38.9 Å². The number of fused-ring (bicyclic) bond motifs is 1. The van der Waals surface area contributed by atoms with E-state index in [9.17, 15) is 14.4 Å². The summed E-state index contributed by atoms with van der Waals surface area (Å²) in [6.07, 6.45) is 4.25. The fourth-order valence-electron chi connectivity index (χ4n) is 3.73. The maximum Gasteiger partial charge on any atom is 0.332 e. The van der Waals surface area contributed by atoms with E-state index in [1.807, 2.05) is 0 Å². The minimum absolute atomic E-state index is 0.0988. The maximum absolute atomic E-state index is 12.9. The van der Waals surface area contributed by atoms with Crippen LogP contribution in [0, 0.1) is 0 Å². The number of amides is 1. The Morgan fingerprint density at radius 2 is 1.81 bits per heavy atom. The Balaban J connectivity index is 1.77. The van der Waals surface area contributed by atoms with Crippen LogP contribution in [0.1, 0.15) is 25.7 Å². The number of rotatable bonds is 5. The topological polar surface area (TPSA) is 98.9 Å². The number of nitrogens with zero attached hydrogens (tertiary/aromatic N) is 4. The average molecular weight is 460 g/mol. The molecule has 0 aliphatic heterocycles. The number of carbonyl (C=O) groups is 1. The van der Waals surface area contributed by atoms with Crippen molar-refractivity contribution in [1.82, 2.24) is 24.4 Å². The van der Waals surface area contributed by atoms with Crippen molar-refractivity contribution in [3.05, 3.63) is 50.1 Å². The van der Waals surface area contributed by atoms with E-state index in [-0.39, 0.29) is 28.7 Å². The van der Waals surface area contributed by atoms with Gasteiger partial charge in [-0.05, 0) is 37.1 Å². The van der Waals surface area contributed by atoms with Crippen molar-refractivity contribution >= 4 is 40.3 Å². The lowest BCUT2D eigenvalue weighted by Crippen LogP contribution is -2.38. The number of nitrogens with one attached hydrogen (secondary N) is 1. The molecular formula is C21H22ClN5O3S. The maximum atomic E-state index is 12.9. The molecule has 1 amide bonds. The quantitative estimate of drug-likeness (QED) is 0.465. The number of halogens is 1. The van der Waals surface area contributed by atoms with Gasteiger partial charge in [-0.25, -0.2) is 14.8 Å². The van der Waals surface area contributed by atoms with Gasteiger partial charge in [0.25, 0.3) is 5.56 Å². The fraction of sp³-hybridized carbons (Fsp3) is 0.381. The molecule has 4 rings (SSSR count). The van der Waals surface area contributed by atoms with Crippen LogP contribution in [0.25, 0.3) is 22.4 Å². The van der Waals surface area contributed by atoms with Gasteiger partial charge in [0.2, 0.25) is 5.91 Å². The smallest absolute Gasteiger partial charge is 0.332 e. The lowest BCUT2D eigenvalue weighted by atomic mass is 10.2.